The van der Waals surface area contributed by atoms with Gasteiger partial charge in [-0.25, -0.2) is 4.79 Å². The predicted octanol–water partition coefficient (Wildman–Crippen LogP) is 1.80. The van der Waals surface area contributed by atoms with E-state index in [0.717, 1.165) is 25.7 Å². The van der Waals surface area contributed by atoms with Crippen LogP contribution in [-0.2, 0) is 28.5 Å². The Morgan fingerprint density at radius 3 is 2.38 bits per heavy atom. The smallest absolute Gasteiger partial charge is 0.347 e. The molecule has 0 amide bonds. The SMILES string of the molecule is COC(=O)[C@H](C[C@@]1(C)CCCCC12OCCO2)OC(C)=O. The molecular weight excluding hydrogens is 276 g/mol. The van der Waals surface area contributed by atoms with E-state index in [1.54, 1.807) is 0 Å². The first-order chi connectivity index (χ1) is 9.92. The second-order valence-corrected chi connectivity index (χ2v) is 6.04. The first-order valence-corrected chi connectivity index (χ1v) is 7.45. The van der Waals surface area contributed by atoms with Crippen molar-refractivity contribution < 1.29 is 28.5 Å². The second kappa shape index (κ2) is 6.32. The van der Waals surface area contributed by atoms with Gasteiger partial charge < -0.3 is 18.9 Å². The maximum absolute atomic E-state index is 11.9. The van der Waals surface area contributed by atoms with Crippen molar-refractivity contribution in [1.82, 2.24) is 0 Å². The molecule has 1 saturated carbocycles. The molecule has 0 radical (unpaired) electrons. The van der Waals surface area contributed by atoms with Crippen LogP contribution in [-0.4, -0.2) is 44.2 Å². The molecule has 1 aliphatic heterocycles. The molecule has 0 aromatic heterocycles. The molecule has 1 saturated heterocycles. The minimum absolute atomic E-state index is 0.346. The number of ether oxygens (including phenoxy) is 4. The first kappa shape index (κ1) is 16.2. The van der Waals surface area contributed by atoms with Gasteiger partial charge in [-0.15, -0.1) is 0 Å². The van der Waals surface area contributed by atoms with Crippen molar-refractivity contribution in [2.45, 2.75) is 57.8 Å². The molecular formula is C15H24O6. The third-order valence-corrected chi connectivity index (χ3v) is 4.57. The molecule has 1 heterocycles. The Bertz CT molecular complexity index is 401. The third-order valence-electron chi connectivity index (χ3n) is 4.57. The van der Waals surface area contributed by atoms with E-state index in [1.165, 1.54) is 14.0 Å². The molecule has 2 atom stereocenters. The highest BCUT2D eigenvalue weighted by atomic mass is 16.7. The van der Waals surface area contributed by atoms with E-state index < -0.39 is 23.8 Å². The predicted molar refractivity (Wildman–Crippen MR) is 73.4 cm³/mol. The number of methoxy groups -OCH3 is 1. The normalized spacial score (nSPS) is 29.1. The summed E-state index contributed by atoms with van der Waals surface area (Å²) >= 11 is 0. The maximum Gasteiger partial charge on any atom is 0.347 e. The van der Waals surface area contributed by atoms with E-state index >= 15 is 0 Å². The Hall–Kier alpha value is -1.14. The van der Waals surface area contributed by atoms with Crippen molar-refractivity contribution in [3.05, 3.63) is 0 Å². The molecule has 120 valence electrons. The van der Waals surface area contributed by atoms with Gasteiger partial charge in [0.15, 0.2) is 11.9 Å². The quantitative estimate of drug-likeness (QED) is 0.737. The molecule has 0 aromatic rings. The molecule has 21 heavy (non-hydrogen) atoms. The Morgan fingerprint density at radius 1 is 1.19 bits per heavy atom. The topological polar surface area (TPSA) is 71.1 Å². The van der Waals surface area contributed by atoms with Crippen LogP contribution in [0.4, 0.5) is 0 Å². The zero-order valence-corrected chi connectivity index (χ0v) is 13.0. The largest absolute Gasteiger partial charge is 0.466 e. The van der Waals surface area contributed by atoms with Gasteiger partial charge >= 0.3 is 11.9 Å². The summed E-state index contributed by atoms with van der Waals surface area (Å²) < 4.78 is 21.7. The van der Waals surface area contributed by atoms with Crippen molar-refractivity contribution in [1.29, 1.82) is 0 Å². The lowest BCUT2D eigenvalue weighted by molar-refractivity contribution is -0.258. The summed E-state index contributed by atoms with van der Waals surface area (Å²) in [4.78, 5) is 23.1. The van der Waals surface area contributed by atoms with Gasteiger partial charge in [0.2, 0.25) is 0 Å². The van der Waals surface area contributed by atoms with Gasteiger partial charge in [-0.05, 0) is 12.8 Å². The molecule has 0 aromatic carbocycles. The van der Waals surface area contributed by atoms with E-state index in [-0.39, 0.29) is 5.41 Å². The summed E-state index contributed by atoms with van der Waals surface area (Å²) in [6.45, 7) is 4.45. The Balaban J connectivity index is 2.19. The summed E-state index contributed by atoms with van der Waals surface area (Å²) in [6.07, 6.45) is 3.17. The van der Waals surface area contributed by atoms with Gasteiger partial charge in [0.1, 0.15) is 0 Å². The summed E-state index contributed by atoms with van der Waals surface area (Å²) in [7, 11) is 1.29. The fourth-order valence-corrected chi connectivity index (χ4v) is 3.48. The van der Waals surface area contributed by atoms with Crippen LogP contribution in [0.5, 0.6) is 0 Å². The Morgan fingerprint density at radius 2 is 1.81 bits per heavy atom. The standard InChI is InChI=1S/C15H24O6/c1-11(16)21-12(13(17)18-3)10-14(2)6-4-5-7-15(14)19-8-9-20-15/h12H,4-10H2,1-3H3/t12-,14+/m0/s1. The number of hydrogen-bond acceptors (Lipinski definition) is 6. The summed E-state index contributed by atoms with van der Waals surface area (Å²) in [5.74, 6) is -1.70. The third kappa shape index (κ3) is 3.21. The van der Waals surface area contributed by atoms with E-state index in [0.29, 0.717) is 19.6 Å². The van der Waals surface area contributed by atoms with Gasteiger partial charge in [-0.3, -0.25) is 4.79 Å². The van der Waals surface area contributed by atoms with Gasteiger partial charge in [0.05, 0.1) is 20.3 Å². The minimum Gasteiger partial charge on any atom is -0.466 e. The van der Waals surface area contributed by atoms with Crippen LogP contribution < -0.4 is 0 Å². The van der Waals surface area contributed by atoms with E-state index in [1.807, 2.05) is 6.92 Å². The maximum atomic E-state index is 11.9. The number of hydrogen-bond donors (Lipinski definition) is 0. The van der Waals surface area contributed by atoms with E-state index in [2.05, 4.69) is 0 Å². The monoisotopic (exact) mass is 300 g/mol. The van der Waals surface area contributed by atoms with Crippen molar-refractivity contribution in [3.8, 4) is 0 Å². The fraction of sp³-hybridized carbons (Fsp3) is 0.867. The molecule has 6 heteroatoms. The lowest BCUT2D eigenvalue weighted by Crippen LogP contribution is -2.52. The zero-order chi connectivity index (χ0) is 15.5. The molecule has 2 aliphatic rings. The highest BCUT2D eigenvalue weighted by molar-refractivity contribution is 5.78. The van der Waals surface area contributed by atoms with Crippen LogP contribution in [0.25, 0.3) is 0 Å². The minimum atomic E-state index is -0.916. The molecule has 6 nitrogen and oxygen atoms in total. The van der Waals surface area contributed by atoms with E-state index in [9.17, 15) is 9.59 Å². The highest BCUT2D eigenvalue weighted by Crippen LogP contribution is 2.52. The van der Waals surface area contributed by atoms with Crippen LogP contribution in [0.1, 0.15) is 46.0 Å². The number of rotatable bonds is 4. The van der Waals surface area contributed by atoms with Crippen LogP contribution in [0.15, 0.2) is 0 Å². The van der Waals surface area contributed by atoms with Crippen LogP contribution in [0.3, 0.4) is 0 Å². The molecule has 1 spiro atoms. The van der Waals surface area contributed by atoms with Crippen LogP contribution in [0, 0.1) is 5.41 Å². The molecule has 0 unspecified atom stereocenters. The average molecular weight is 300 g/mol. The Kier molecular flexibility index (Phi) is 4.88. The summed E-state index contributed by atoms with van der Waals surface area (Å²) in [5, 5.41) is 0. The van der Waals surface area contributed by atoms with Gasteiger partial charge in [-0.1, -0.05) is 13.3 Å². The second-order valence-electron chi connectivity index (χ2n) is 6.04. The number of carbonyl (C=O) groups excluding carboxylic acids is 2. The Labute approximate surface area is 125 Å². The van der Waals surface area contributed by atoms with Crippen molar-refractivity contribution >= 4 is 11.9 Å². The molecule has 2 rings (SSSR count). The molecule has 0 N–H and O–H groups in total. The molecule has 2 fully saturated rings. The van der Waals surface area contributed by atoms with Crippen LogP contribution >= 0.6 is 0 Å². The van der Waals surface area contributed by atoms with Crippen molar-refractivity contribution in [3.63, 3.8) is 0 Å². The van der Waals surface area contributed by atoms with Gasteiger partial charge in [-0.2, -0.15) is 0 Å². The van der Waals surface area contributed by atoms with Gasteiger partial charge in [0.25, 0.3) is 0 Å². The first-order valence-electron chi connectivity index (χ1n) is 7.45. The summed E-state index contributed by atoms with van der Waals surface area (Å²) in [5.41, 5.74) is -0.379. The van der Waals surface area contributed by atoms with E-state index in [4.69, 9.17) is 18.9 Å². The lowest BCUT2D eigenvalue weighted by Gasteiger charge is -2.48. The zero-order valence-electron chi connectivity index (χ0n) is 13.0. The van der Waals surface area contributed by atoms with Gasteiger partial charge in [0, 0.05) is 25.2 Å². The van der Waals surface area contributed by atoms with Crippen LogP contribution in [0.2, 0.25) is 0 Å². The molecule has 0 bridgehead atoms. The number of carbonyl (C=O) groups is 2. The summed E-state index contributed by atoms with van der Waals surface area (Å²) in [6, 6.07) is 0. The van der Waals surface area contributed by atoms with Crippen molar-refractivity contribution in [2.75, 3.05) is 20.3 Å². The average Bonchev–Trinajstić information content (AvgIpc) is 2.90. The van der Waals surface area contributed by atoms with Crippen molar-refractivity contribution in [2.24, 2.45) is 5.41 Å². The number of esters is 2. The molecule has 1 aliphatic carbocycles. The fourth-order valence-electron chi connectivity index (χ4n) is 3.48. The highest BCUT2D eigenvalue weighted by Gasteiger charge is 2.55. The lowest BCUT2D eigenvalue weighted by atomic mass is 9.67.